The first-order chi connectivity index (χ1) is 6.13. The molecule has 0 aromatic carbocycles. The second-order valence-corrected chi connectivity index (χ2v) is 5.35. The molecule has 0 unspecified atom stereocenters. The number of aromatic nitrogens is 1. The van der Waals surface area contributed by atoms with Crippen molar-refractivity contribution in [2.45, 2.75) is 12.5 Å². The highest BCUT2D eigenvalue weighted by Gasteiger charge is 2.14. The first-order valence-corrected chi connectivity index (χ1v) is 5.46. The Bertz CT molecular complexity index is 302. The minimum atomic E-state index is -0.346. The molecule has 4 nitrogen and oxygen atoms in total. The third-order valence-corrected chi connectivity index (χ3v) is 3.28. The average Bonchev–Trinajstić information content (AvgIpc) is 2.51. The number of thiazole rings is 1. The third-order valence-electron chi connectivity index (χ3n) is 1.43. The SMILES string of the molecule is COC(=O)C[C@H](N)c1ncc(I)s1. The normalized spacial score (nSPS) is 12.5. The first kappa shape index (κ1) is 10.9. The number of methoxy groups -OCH3 is 1. The molecule has 13 heavy (non-hydrogen) atoms. The molecule has 72 valence electrons. The van der Waals surface area contributed by atoms with Gasteiger partial charge in [0.25, 0.3) is 0 Å². The molecule has 0 saturated heterocycles. The van der Waals surface area contributed by atoms with Crippen molar-refractivity contribution in [3.63, 3.8) is 0 Å². The van der Waals surface area contributed by atoms with Gasteiger partial charge in [-0.1, -0.05) is 0 Å². The molecule has 1 aromatic heterocycles. The Hall–Kier alpha value is -0.210. The van der Waals surface area contributed by atoms with Gasteiger partial charge in [0.05, 0.1) is 28.7 Å². The van der Waals surface area contributed by atoms with Crippen molar-refractivity contribution < 1.29 is 9.53 Å². The molecule has 0 spiro atoms. The van der Waals surface area contributed by atoms with E-state index in [-0.39, 0.29) is 18.4 Å². The van der Waals surface area contributed by atoms with Crippen molar-refractivity contribution in [2.75, 3.05) is 7.11 Å². The van der Waals surface area contributed by atoms with Crippen LogP contribution in [-0.4, -0.2) is 18.1 Å². The molecule has 6 heteroatoms. The van der Waals surface area contributed by atoms with Crippen molar-refractivity contribution >= 4 is 39.9 Å². The maximum absolute atomic E-state index is 10.9. The van der Waals surface area contributed by atoms with Gasteiger partial charge in [-0.25, -0.2) is 4.98 Å². The Balaban J connectivity index is 2.58. The number of esters is 1. The number of rotatable bonds is 3. The van der Waals surface area contributed by atoms with Gasteiger partial charge in [-0.05, 0) is 22.6 Å². The van der Waals surface area contributed by atoms with Crippen LogP contribution in [0.5, 0.6) is 0 Å². The van der Waals surface area contributed by atoms with E-state index in [2.05, 4.69) is 32.3 Å². The van der Waals surface area contributed by atoms with E-state index in [0.29, 0.717) is 0 Å². The largest absolute Gasteiger partial charge is 0.469 e. The van der Waals surface area contributed by atoms with Gasteiger partial charge in [-0.2, -0.15) is 0 Å². The average molecular weight is 312 g/mol. The number of halogens is 1. The summed E-state index contributed by atoms with van der Waals surface area (Å²) in [7, 11) is 1.35. The summed E-state index contributed by atoms with van der Waals surface area (Å²) < 4.78 is 5.57. The third kappa shape index (κ3) is 3.20. The van der Waals surface area contributed by atoms with Crippen LogP contribution in [0, 0.1) is 2.88 Å². The van der Waals surface area contributed by atoms with Gasteiger partial charge >= 0.3 is 5.97 Å². The van der Waals surface area contributed by atoms with E-state index in [1.165, 1.54) is 18.4 Å². The maximum Gasteiger partial charge on any atom is 0.307 e. The molecule has 0 aliphatic rings. The summed E-state index contributed by atoms with van der Waals surface area (Å²) >= 11 is 3.65. The molecular formula is C7H9IN2O2S. The van der Waals surface area contributed by atoms with Gasteiger partial charge in [0.15, 0.2) is 0 Å². The lowest BCUT2D eigenvalue weighted by atomic mass is 10.2. The lowest BCUT2D eigenvalue weighted by Crippen LogP contribution is -2.15. The van der Waals surface area contributed by atoms with Crippen LogP contribution in [0.1, 0.15) is 17.5 Å². The Kier molecular flexibility index (Phi) is 4.07. The van der Waals surface area contributed by atoms with Crippen LogP contribution in [0.3, 0.4) is 0 Å². The van der Waals surface area contributed by atoms with Crippen LogP contribution < -0.4 is 5.73 Å². The van der Waals surface area contributed by atoms with Gasteiger partial charge in [0.2, 0.25) is 0 Å². The second-order valence-electron chi connectivity index (χ2n) is 2.39. The van der Waals surface area contributed by atoms with Gasteiger partial charge in [-0.15, -0.1) is 11.3 Å². The van der Waals surface area contributed by atoms with Crippen LogP contribution in [0.4, 0.5) is 0 Å². The van der Waals surface area contributed by atoms with Gasteiger partial charge in [-0.3, -0.25) is 4.79 Å². The van der Waals surface area contributed by atoms with Gasteiger partial charge in [0, 0.05) is 0 Å². The number of hydrogen-bond acceptors (Lipinski definition) is 5. The highest BCUT2D eigenvalue weighted by atomic mass is 127. The number of carbonyl (C=O) groups excluding carboxylic acids is 1. The lowest BCUT2D eigenvalue weighted by molar-refractivity contribution is -0.141. The predicted molar refractivity (Wildman–Crippen MR) is 58.4 cm³/mol. The molecule has 0 amide bonds. The van der Waals surface area contributed by atoms with E-state index in [0.717, 1.165) is 7.89 Å². The molecule has 0 bridgehead atoms. The smallest absolute Gasteiger partial charge is 0.307 e. The number of carbonyl (C=O) groups is 1. The molecule has 1 rings (SSSR count). The molecule has 1 heterocycles. The van der Waals surface area contributed by atoms with Crippen molar-refractivity contribution in [1.82, 2.24) is 4.98 Å². The van der Waals surface area contributed by atoms with Crippen molar-refractivity contribution in [3.05, 3.63) is 14.1 Å². The summed E-state index contributed by atoms with van der Waals surface area (Å²) in [6.07, 6.45) is 1.91. The Labute approximate surface area is 93.6 Å². The van der Waals surface area contributed by atoms with E-state index in [1.807, 2.05) is 0 Å². The maximum atomic E-state index is 10.9. The van der Waals surface area contributed by atoms with Crippen molar-refractivity contribution in [3.8, 4) is 0 Å². The highest BCUT2D eigenvalue weighted by molar-refractivity contribution is 14.1. The van der Waals surface area contributed by atoms with Crippen LogP contribution in [0.25, 0.3) is 0 Å². The van der Waals surface area contributed by atoms with E-state index < -0.39 is 0 Å². The topological polar surface area (TPSA) is 65.2 Å². The van der Waals surface area contributed by atoms with Crippen LogP contribution in [0.2, 0.25) is 0 Å². The summed E-state index contributed by atoms with van der Waals surface area (Å²) in [5.74, 6) is -0.308. The van der Waals surface area contributed by atoms with E-state index >= 15 is 0 Å². The summed E-state index contributed by atoms with van der Waals surface area (Å²) in [5, 5.41) is 0.773. The monoisotopic (exact) mass is 312 g/mol. The standard InChI is InChI=1S/C7H9IN2O2S/c1-12-6(11)2-4(9)7-10-3-5(8)13-7/h3-4H,2,9H2,1H3/t4-/m0/s1. The molecule has 1 atom stereocenters. The highest BCUT2D eigenvalue weighted by Crippen LogP contribution is 2.21. The number of ether oxygens (including phenoxy) is 1. The fourth-order valence-corrected chi connectivity index (χ4v) is 2.25. The predicted octanol–water partition coefficient (Wildman–Crippen LogP) is 1.31. The Morgan fingerprint density at radius 1 is 1.92 bits per heavy atom. The molecule has 0 aliphatic heterocycles. The minimum absolute atomic E-state index is 0.181. The number of nitrogens with two attached hydrogens (primary N) is 1. The summed E-state index contributed by atoms with van der Waals surface area (Å²) in [5.41, 5.74) is 5.73. The minimum Gasteiger partial charge on any atom is -0.469 e. The Morgan fingerprint density at radius 3 is 3.08 bits per heavy atom. The molecule has 0 radical (unpaired) electrons. The second kappa shape index (κ2) is 4.87. The number of nitrogens with zero attached hydrogens (tertiary/aromatic N) is 1. The fraction of sp³-hybridized carbons (Fsp3) is 0.429. The number of hydrogen-bond donors (Lipinski definition) is 1. The van der Waals surface area contributed by atoms with E-state index in [9.17, 15) is 4.79 Å². The first-order valence-electron chi connectivity index (χ1n) is 3.57. The molecule has 1 aromatic rings. The van der Waals surface area contributed by atoms with Gasteiger partial charge in [0.1, 0.15) is 5.01 Å². The summed E-state index contributed by atoms with van der Waals surface area (Å²) in [6, 6.07) is -0.346. The van der Waals surface area contributed by atoms with Crippen molar-refractivity contribution in [1.29, 1.82) is 0 Å². The molecule has 2 N–H and O–H groups in total. The zero-order chi connectivity index (χ0) is 9.84. The Morgan fingerprint density at radius 2 is 2.62 bits per heavy atom. The quantitative estimate of drug-likeness (QED) is 0.675. The van der Waals surface area contributed by atoms with E-state index in [4.69, 9.17) is 5.73 Å². The lowest BCUT2D eigenvalue weighted by Gasteiger charge is -2.05. The summed E-state index contributed by atoms with van der Waals surface area (Å²) in [6.45, 7) is 0. The fourth-order valence-electron chi connectivity index (χ4n) is 0.789. The van der Waals surface area contributed by atoms with Crippen LogP contribution >= 0.6 is 33.9 Å². The van der Waals surface area contributed by atoms with Crippen LogP contribution in [-0.2, 0) is 9.53 Å². The zero-order valence-electron chi connectivity index (χ0n) is 6.99. The molecule has 0 fully saturated rings. The van der Waals surface area contributed by atoms with Crippen LogP contribution in [0.15, 0.2) is 6.20 Å². The molecule has 0 aliphatic carbocycles. The van der Waals surface area contributed by atoms with E-state index in [1.54, 1.807) is 6.20 Å². The molecule has 0 saturated carbocycles. The summed E-state index contributed by atoms with van der Waals surface area (Å²) in [4.78, 5) is 15.0. The molecular weight excluding hydrogens is 303 g/mol. The van der Waals surface area contributed by atoms with Crippen molar-refractivity contribution in [2.24, 2.45) is 5.73 Å². The van der Waals surface area contributed by atoms with Gasteiger partial charge < -0.3 is 10.5 Å². The zero-order valence-corrected chi connectivity index (χ0v) is 9.96.